The average Bonchev–Trinajstić information content (AvgIpc) is 2.79. The summed E-state index contributed by atoms with van der Waals surface area (Å²) in [5.74, 6) is 0.818. The van der Waals surface area contributed by atoms with Gasteiger partial charge in [0.25, 0.3) is 15.9 Å². The molecule has 0 saturated heterocycles. The molecule has 3 N–H and O–H groups in total. The number of ether oxygens (including phenoxy) is 2. The van der Waals surface area contributed by atoms with Crippen LogP contribution in [0.1, 0.15) is 10.4 Å². The van der Waals surface area contributed by atoms with E-state index in [4.69, 9.17) is 21.7 Å². The Morgan fingerprint density at radius 2 is 1.55 bits per heavy atom. The fourth-order valence-corrected chi connectivity index (χ4v) is 4.55. The lowest BCUT2D eigenvalue weighted by atomic mass is 10.2. The van der Waals surface area contributed by atoms with Crippen LogP contribution in [0.4, 0.5) is 11.4 Å². The monoisotopic (exact) mass is 549 g/mol. The highest BCUT2D eigenvalue weighted by atomic mass is 79.9. The molecule has 3 aromatic carbocycles. The molecule has 0 fully saturated rings. The molecule has 0 aliphatic carbocycles. The Bertz CT molecular complexity index is 1260. The summed E-state index contributed by atoms with van der Waals surface area (Å²) in [6.45, 7) is 0. The number of halogens is 1. The summed E-state index contributed by atoms with van der Waals surface area (Å²) in [6.07, 6.45) is 0. The second kappa shape index (κ2) is 10.6. The fourth-order valence-electron chi connectivity index (χ4n) is 2.74. The highest BCUT2D eigenvalue weighted by Gasteiger charge is 2.15. The molecule has 3 aromatic rings. The minimum atomic E-state index is -3.78. The van der Waals surface area contributed by atoms with Crippen molar-refractivity contribution in [2.24, 2.45) is 0 Å². The van der Waals surface area contributed by atoms with Gasteiger partial charge < -0.3 is 14.8 Å². The number of hydrogen-bond donors (Lipinski definition) is 3. The van der Waals surface area contributed by atoms with Crippen LogP contribution in [-0.4, -0.2) is 33.7 Å². The van der Waals surface area contributed by atoms with Crippen LogP contribution < -0.4 is 24.8 Å². The van der Waals surface area contributed by atoms with Crippen LogP contribution in [0.5, 0.6) is 11.5 Å². The number of methoxy groups -OCH3 is 2. The fraction of sp³-hybridized carbons (Fsp3) is 0.0909. The third kappa shape index (κ3) is 6.44. The standard InChI is InChI=1S/C22H20BrN3O5S2/c1-30-17-8-4-16(5-9-17)26-33(28,29)18-10-6-15(7-11-18)24-22(32)25-21(27)14-3-12-20(31-2)19(23)13-14/h3-13,26H,1-2H3,(H2,24,25,27,32). The van der Waals surface area contributed by atoms with E-state index >= 15 is 0 Å². The minimum Gasteiger partial charge on any atom is -0.497 e. The molecular weight excluding hydrogens is 530 g/mol. The SMILES string of the molecule is COc1ccc(NS(=O)(=O)c2ccc(NC(=S)NC(=O)c3ccc(OC)c(Br)c3)cc2)cc1. The Labute approximate surface area is 205 Å². The molecule has 8 nitrogen and oxygen atoms in total. The van der Waals surface area contributed by atoms with Gasteiger partial charge in [0.15, 0.2) is 5.11 Å². The second-order valence-electron chi connectivity index (χ2n) is 6.62. The van der Waals surface area contributed by atoms with Crippen LogP contribution in [-0.2, 0) is 10.0 Å². The number of sulfonamides is 1. The predicted octanol–water partition coefficient (Wildman–Crippen LogP) is 4.39. The summed E-state index contributed by atoms with van der Waals surface area (Å²) >= 11 is 8.52. The van der Waals surface area contributed by atoms with Crippen LogP contribution in [0.3, 0.4) is 0 Å². The molecule has 3 rings (SSSR count). The van der Waals surface area contributed by atoms with E-state index in [0.717, 1.165) is 0 Å². The number of benzene rings is 3. The predicted molar refractivity (Wildman–Crippen MR) is 135 cm³/mol. The third-order valence-corrected chi connectivity index (χ3v) is 6.63. The highest BCUT2D eigenvalue weighted by Crippen LogP contribution is 2.25. The number of carbonyl (C=O) groups excluding carboxylic acids is 1. The van der Waals surface area contributed by atoms with Crippen molar-refractivity contribution < 1.29 is 22.7 Å². The van der Waals surface area contributed by atoms with Gasteiger partial charge in [-0.2, -0.15) is 0 Å². The maximum Gasteiger partial charge on any atom is 0.261 e. The number of amides is 1. The van der Waals surface area contributed by atoms with Gasteiger partial charge in [-0.1, -0.05) is 0 Å². The van der Waals surface area contributed by atoms with Crippen LogP contribution in [0.25, 0.3) is 0 Å². The van der Waals surface area contributed by atoms with E-state index in [1.807, 2.05) is 0 Å². The quantitative estimate of drug-likeness (QED) is 0.375. The zero-order chi connectivity index (χ0) is 24.0. The lowest BCUT2D eigenvalue weighted by molar-refractivity contribution is 0.0977. The Morgan fingerprint density at radius 3 is 2.12 bits per heavy atom. The summed E-state index contributed by atoms with van der Waals surface area (Å²) in [5, 5.41) is 5.50. The van der Waals surface area contributed by atoms with E-state index in [-0.39, 0.29) is 10.0 Å². The van der Waals surface area contributed by atoms with Crippen LogP contribution >= 0.6 is 28.1 Å². The molecule has 0 heterocycles. The van der Waals surface area contributed by atoms with Gasteiger partial charge in [0.1, 0.15) is 11.5 Å². The van der Waals surface area contributed by atoms with Crippen molar-refractivity contribution in [3.63, 3.8) is 0 Å². The Hall–Kier alpha value is -3.15. The number of nitrogens with one attached hydrogen (secondary N) is 3. The first-order valence-corrected chi connectivity index (χ1v) is 12.1. The van der Waals surface area contributed by atoms with E-state index in [0.29, 0.717) is 32.9 Å². The normalized spacial score (nSPS) is 10.8. The molecule has 1 amide bonds. The molecule has 0 aromatic heterocycles. The molecule has 172 valence electrons. The van der Waals surface area contributed by atoms with Crippen molar-refractivity contribution >= 4 is 60.6 Å². The van der Waals surface area contributed by atoms with E-state index in [1.165, 1.54) is 26.4 Å². The molecule has 0 bridgehead atoms. The van der Waals surface area contributed by atoms with Crippen molar-refractivity contribution in [1.82, 2.24) is 5.32 Å². The molecular formula is C22H20BrN3O5S2. The molecule has 0 unspecified atom stereocenters. The smallest absolute Gasteiger partial charge is 0.261 e. The largest absolute Gasteiger partial charge is 0.497 e. The molecule has 0 aliphatic rings. The summed E-state index contributed by atoms with van der Waals surface area (Å²) in [4.78, 5) is 12.5. The topological polar surface area (TPSA) is 106 Å². The summed E-state index contributed by atoms with van der Waals surface area (Å²) in [5.41, 5.74) is 1.31. The molecule has 33 heavy (non-hydrogen) atoms. The zero-order valence-corrected chi connectivity index (χ0v) is 20.8. The summed E-state index contributed by atoms with van der Waals surface area (Å²) < 4.78 is 38.6. The second-order valence-corrected chi connectivity index (χ2v) is 9.56. The average molecular weight is 550 g/mol. The zero-order valence-electron chi connectivity index (χ0n) is 17.6. The van der Waals surface area contributed by atoms with E-state index in [2.05, 4.69) is 31.3 Å². The number of hydrogen-bond acceptors (Lipinski definition) is 6. The lowest BCUT2D eigenvalue weighted by Crippen LogP contribution is -2.34. The van der Waals surface area contributed by atoms with Crippen molar-refractivity contribution in [2.75, 3.05) is 24.3 Å². The van der Waals surface area contributed by atoms with E-state index in [1.54, 1.807) is 54.6 Å². The van der Waals surface area contributed by atoms with Gasteiger partial charge >= 0.3 is 0 Å². The highest BCUT2D eigenvalue weighted by molar-refractivity contribution is 9.10. The van der Waals surface area contributed by atoms with Gasteiger partial charge in [-0.15, -0.1) is 0 Å². The first-order valence-electron chi connectivity index (χ1n) is 9.44. The third-order valence-electron chi connectivity index (χ3n) is 4.41. The van der Waals surface area contributed by atoms with E-state index in [9.17, 15) is 13.2 Å². The first-order chi connectivity index (χ1) is 15.7. The lowest BCUT2D eigenvalue weighted by Gasteiger charge is -2.12. The first kappa shape index (κ1) is 24.5. The molecule has 11 heteroatoms. The summed E-state index contributed by atoms with van der Waals surface area (Å²) in [6, 6.07) is 17.4. The molecule has 0 saturated carbocycles. The Balaban J connectivity index is 1.61. The maximum absolute atomic E-state index is 12.6. The molecule has 0 atom stereocenters. The van der Waals surface area contributed by atoms with Crippen LogP contribution in [0.15, 0.2) is 76.1 Å². The van der Waals surface area contributed by atoms with Gasteiger partial charge in [0.05, 0.1) is 23.6 Å². The Kier molecular flexibility index (Phi) is 7.90. The number of thiocarbonyl (C=S) groups is 1. The van der Waals surface area contributed by atoms with Gasteiger partial charge in [-0.05, 0) is 94.9 Å². The number of carbonyl (C=O) groups is 1. The van der Waals surface area contributed by atoms with Gasteiger partial charge in [-0.3, -0.25) is 14.8 Å². The minimum absolute atomic E-state index is 0.0684. The van der Waals surface area contributed by atoms with Gasteiger partial charge in [0.2, 0.25) is 0 Å². The number of rotatable bonds is 7. The van der Waals surface area contributed by atoms with Crippen molar-refractivity contribution in [1.29, 1.82) is 0 Å². The maximum atomic E-state index is 12.6. The van der Waals surface area contributed by atoms with E-state index < -0.39 is 15.9 Å². The number of anilines is 2. The van der Waals surface area contributed by atoms with Crippen molar-refractivity contribution in [3.8, 4) is 11.5 Å². The van der Waals surface area contributed by atoms with Gasteiger partial charge in [0, 0.05) is 16.9 Å². The Morgan fingerprint density at radius 1 is 0.909 bits per heavy atom. The van der Waals surface area contributed by atoms with Gasteiger partial charge in [-0.25, -0.2) is 8.42 Å². The molecule has 0 aliphatic heterocycles. The molecule has 0 spiro atoms. The van der Waals surface area contributed by atoms with Crippen LogP contribution in [0.2, 0.25) is 0 Å². The van der Waals surface area contributed by atoms with Crippen molar-refractivity contribution in [2.45, 2.75) is 4.90 Å². The summed E-state index contributed by atoms with van der Waals surface area (Å²) in [7, 11) is -0.715. The van der Waals surface area contributed by atoms with Crippen molar-refractivity contribution in [3.05, 3.63) is 76.8 Å². The molecule has 0 radical (unpaired) electrons. The van der Waals surface area contributed by atoms with Crippen LogP contribution in [0, 0.1) is 0 Å².